The van der Waals surface area contributed by atoms with E-state index >= 15 is 0 Å². The van der Waals surface area contributed by atoms with Crippen molar-refractivity contribution in [1.29, 1.82) is 0 Å². The second-order valence-corrected chi connectivity index (χ2v) is 7.70. The van der Waals surface area contributed by atoms with Crippen molar-refractivity contribution in [2.45, 2.75) is 25.3 Å². The highest BCUT2D eigenvalue weighted by Crippen LogP contribution is 2.33. The molecule has 1 aromatic heterocycles. The van der Waals surface area contributed by atoms with Gasteiger partial charge in [0.15, 0.2) is 0 Å². The monoisotopic (exact) mass is 435 g/mol. The molecule has 2 aromatic carbocycles. The zero-order valence-electron chi connectivity index (χ0n) is 15.1. The van der Waals surface area contributed by atoms with Crippen LogP contribution in [0.2, 0.25) is 10.0 Å². The van der Waals surface area contributed by atoms with E-state index < -0.39 is 23.7 Å². The Labute approximate surface area is 175 Å². The number of likely N-dealkylation sites (tertiary alicyclic amines) is 1. The van der Waals surface area contributed by atoms with Crippen LogP contribution in [-0.2, 0) is 4.79 Å². The fourth-order valence-corrected chi connectivity index (χ4v) is 4.15. The quantitative estimate of drug-likeness (QED) is 0.620. The van der Waals surface area contributed by atoms with Gasteiger partial charge in [-0.05, 0) is 43.5 Å². The van der Waals surface area contributed by atoms with Crippen LogP contribution in [0.25, 0.3) is 22.4 Å². The number of benzene rings is 2. The van der Waals surface area contributed by atoms with Gasteiger partial charge in [0.05, 0.1) is 21.1 Å². The first kappa shape index (κ1) is 19.7. The second-order valence-electron chi connectivity index (χ2n) is 6.88. The lowest BCUT2D eigenvalue weighted by Crippen LogP contribution is -2.47. The molecule has 0 aliphatic carbocycles. The summed E-state index contributed by atoms with van der Waals surface area (Å²) in [4.78, 5) is 33.1. The number of H-pyrrole nitrogens is 1. The average molecular weight is 436 g/mol. The molecule has 9 heteroatoms. The lowest BCUT2D eigenvalue weighted by molar-refractivity contribution is -0.143. The first-order valence-electron chi connectivity index (χ1n) is 9.04. The fraction of sp³-hybridized carbons (Fsp3) is 0.250. The van der Waals surface area contributed by atoms with Gasteiger partial charge in [-0.15, -0.1) is 0 Å². The van der Waals surface area contributed by atoms with E-state index in [9.17, 15) is 19.1 Å². The third-order valence-electron chi connectivity index (χ3n) is 5.04. The van der Waals surface area contributed by atoms with Crippen LogP contribution in [0.5, 0.6) is 0 Å². The summed E-state index contributed by atoms with van der Waals surface area (Å²) in [5.74, 6) is -1.79. The van der Waals surface area contributed by atoms with Gasteiger partial charge < -0.3 is 15.0 Å². The number of aromatic amines is 1. The third-order valence-corrected chi connectivity index (χ3v) is 5.64. The summed E-state index contributed by atoms with van der Waals surface area (Å²) in [6.45, 7) is 0.366. The fourth-order valence-electron chi connectivity index (χ4n) is 3.64. The molecule has 2 heterocycles. The predicted octanol–water partition coefficient (Wildman–Crippen LogP) is 4.76. The first-order valence-corrected chi connectivity index (χ1v) is 9.80. The number of hydrogen-bond acceptors (Lipinski definition) is 3. The number of rotatable bonds is 3. The highest BCUT2D eigenvalue weighted by Gasteiger charge is 2.33. The number of amides is 1. The summed E-state index contributed by atoms with van der Waals surface area (Å²) in [7, 11) is 0. The molecule has 6 nitrogen and oxygen atoms in total. The van der Waals surface area contributed by atoms with Crippen LogP contribution < -0.4 is 0 Å². The zero-order valence-corrected chi connectivity index (χ0v) is 16.6. The molecule has 0 radical (unpaired) electrons. The van der Waals surface area contributed by atoms with Gasteiger partial charge >= 0.3 is 5.97 Å². The van der Waals surface area contributed by atoms with E-state index in [0.717, 1.165) is 12.8 Å². The normalized spacial score (nSPS) is 16.9. The van der Waals surface area contributed by atoms with E-state index in [4.69, 9.17) is 23.2 Å². The number of carboxylic acids is 1. The Morgan fingerprint density at radius 1 is 1.21 bits per heavy atom. The van der Waals surface area contributed by atoms with Gasteiger partial charge in [-0.1, -0.05) is 29.3 Å². The minimum Gasteiger partial charge on any atom is -0.480 e. The number of fused-ring (bicyclic) bond motifs is 1. The number of halogens is 3. The molecule has 0 saturated carbocycles. The Bertz CT molecular complexity index is 1110. The molecule has 4 rings (SSSR count). The van der Waals surface area contributed by atoms with Gasteiger partial charge in [0.2, 0.25) is 0 Å². The predicted molar refractivity (Wildman–Crippen MR) is 108 cm³/mol. The molecule has 1 fully saturated rings. The number of carboxylic acid groups (broad SMARTS) is 1. The maximum Gasteiger partial charge on any atom is 0.326 e. The molecule has 0 bridgehead atoms. The molecule has 1 aliphatic heterocycles. The van der Waals surface area contributed by atoms with Crippen molar-refractivity contribution in [3.05, 3.63) is 51.8 Å². The first-order chi connectivity index (χ1) is 13.9. The number of imidazole rings is 1. The van der Waals surface area contributed by atoms with E-state index in [0.29, 0.717) is 24.0 Å². The molecule has 1 atom stereocenters. The lowest BCUT2D eigenvalue weighted by Gasteiger charge is -2.33. The van der Waals surface area contributed by atoms with Crippen molar-refractivity contribution in [3.8, 4) is 11.4 Å². The van der Waals surface area contributed by atoms with Crippen LogP contribution >= 0.6 is 23.2 Å². The van der Waals surface area contributed by atoms with Crippen molar-refractivity contribution in [2.24, 2.45) is 0 Å². The van der Waals surface area contributed by atoms with Crippen molar-refractivity contribution in [3.63, 3.8) is 0 Å². The Balaban J connectivity index is 1.76. The molecule has 1 amide bonds. The minimum atomic E-state index is -1.02. The van der Waals surface area contributed by atoms with Crippen molar-refractivity contribution < 1.29 is 19.1 Å². The maximum atomic E-state index is 14.2. The van der Waals surface area contributed by atoms with Crippen LogP contribution in [0.1, 0.15) is 29.6 Å². The highest BCUT2D eigenvalue weighted by molar-refractivity contribution is 6.35. The number of carbonyl (C=O) groups excluding carboxylic acids is 1. The molecule has 1 unspecified atom stereocenters. The Morgan fingerprint density at radius 3 is 2.72 bits per heavy atom. The van der Waals surface area contributed by atoms with Crippen molar-refractivity contribution in [2.75, 3.05) is 6.54 Å². The maximum absolute atomic E-state index is 14.2. The molecule has 0 spiro atoms. The van der Waals surface area contributed by atoms with Crippen LogP contribution in [0.3, 0.4) is 0 Å². The van der Waals surface area contributed by atoms with Gasteiger partial charge in [-0.2, -0.15) is 0 Å². The van der Waals surface area contributed by atoms with Gasteiger partial charge in [0, 0.05) is 12.1 Å². The molecule has 29 heavy (non-hydrogen) atoms. The van der Waals surface area contributed by atoms with Crippen LogP contribution in [0.4, 0.5) is 4.39 Å². The van der Waals surface area contributed by atoms with Gasteiger partial charge in [0.1, 0.15) is 23.2 Å². The summed E-state index contributed by atoms with van der Waals surface area (Å²) in [6.07, 6.45) is 1.91. The summed E-state index contributed by atoms with van der Waals surface area (Å²) < 4.78 is 14.2. The summed E-state index contributed by atoms with van der Waals surface area (Å²) in [5.41, 5.74) is 1.15. The molecular weight excluding hydrogens is 420 g/mol. The molecule has 2 N–H and O–H groups in total. The van der Waals surface area contributed by atoms with Crippen molar-refractivity contribution in [1.82, 2.24) is 14.9 Å². The minimum absolute atomic E-state index is 0.108. The van der Waals surface area contributed by atoms with E-state index in [-0.39, 0.29) is 27.0 Å². The molecule has 1 saturated heterocycles. The molecule has 1 aliphatic rings. The van der Waals surface area contributed by atoms with E-state index in [1.807, 2.05) is 0 Å². The lowest BCUT2D eigenvalue weighted by atomic mass is 10.0. The van der Waals surface area contributed by atoms with Crippen LogP contribution in [0, 0.1) is 5.82 Å². The zero-order chi connectivity index (χ0) is 20.7. The largest absolute Gasteiger partial charge is 0.480 e. The number of nitrogens with zero attached hydrogens (tertiary/aromatic N) is 2. The highest BCUT2D eigenvalue weighted by atomic mass is 35.5. The molecule has 3 aromatic rings. The van der Waals surface area contributed by atoms with E-state index in [2.05, 4.69) is 9.97 Å². The second kappa shape index (κ2) is 7.65. The number of piperidine rings is 1. The standard InChI is InChI=1S/C20H16Cl2FN3O3/c21-11-4-3-5-13(23)16(11)18-24-14-9-10(8-12(22)17(14)25-18)19(27)26-7-2-1-6-15(26)20(28)29/h3-5,8-9,15H,1-2,6-7H2,(H,24,25)(H,28,29). The van der Waals surface area contributed by atoms with Gasteiger partial charge in [-0.25, -0.2) is 14.2 Å². The number of aliphatic carboxylic acids is 1. The SMILES string of the molecule is O=C(O)C1CCCCN1C(=O)c1cc(Cl)c2nc(-c3c(F)cccc3Cl)[nH]c2c1. The molecular formula is C20H16Cl2FN3O3. The van der Waals surface area contributed by atoms with Gasteiger partial charge in [0.25, 0.3) is 5.91 Å². The topological polar surface area (TPSA) is 86.3 Å². The number of aromatic nitrogens is 2. The van der Waals surface area contributed by atoms with E-state index in [1.165, 1.54) is 23.1 Å². The number of nitrogens with one attached hydrogen (secondary N) is 1. The van der Waals surface area contributed by atoms with Crippen LogP contribution in [0.15, 0.2) is 30.3 Å². The summed E-state index contributed by atoms with van der Waals surface area (Å²) >= 11 is 12.4. The Hall–Kier alpha value is -2.64. The van der Waals surface area contributed by atoms with Gasteiger partial charge in [-0.3, -0.25) is 4.79 Å². The molecule has 150 valence electrons. The van der Waals surface area contributed by atoms with E-state index in [1.54, 1.807) is 12.1 Å². The smallest absolute Gasteiger partial charge is 0.326 e. The number of carbonyl (C=O) groups is 2. The Morgan fingerprint density at radius 2 is 2.00 bits per heavy atom. The third kappa shape index (κ3) is 3.56. The summed E-state index contributed by atoms with van der Waals surface area (Å²) in [6, 6.07) is 6.44. The van der Waals surface area contributed by atoms with Crippen molar-refractivity contribution >= 4 is 46.1 Å². The summed E-state index contributed by atoms with van der Waals surface area (Å²) in [5, 5.41) is 9.82. The Kier molecular flexibility index (Phi) is 5.19. The van der Waals surface area contributed by atoms with Crippen LogP contribution in [-0.4, -0.2) is 44.4 Å². The average Bonchev–Trinajstić information content (AvgIpc) is 3.11. The number of hydrogen-bond donors (Lipinski definition) is 2.